The van der Waals surface area contributed by atoms with Crippen LogP contribution >= 0.6 is 0 Å². The van der Waals surface area contributed by atoms with Gasteiger partial charge < -0.3 is 19.9 Å². The maximum atomic E-state index is 12.4. The monoisotopic (exact) mass is 370 g/mol. The van der Waals surface area contributed by atoms with Gasteiger partial charge in [-0.1, -0.05) is 35.5 Å². The third-order valence-electron chi connectivity index (χ3n) is 4.84. The van der Waals surface area contributed by atoms with Crippen LogP contribution in [0.25, 0.3) is 0 Å². The van der Waals surface area contributed by atoms with E-state index in [1.165, 1.54) is 0 Å². The van der Waals surface area contributed by atoms with E-state index < -0.39 is 0 Å². The normalized spacial score (nSPS) is 17.5. The lowest BCUT2D eigenvalue weighted by atomic mass is 10.1. The Kier molecular flexibility index (Phi) is 5.01. The van der Waals surface area contributed by atoms with Crippen LogP contribution in [0.15, 0.2) is 36.5 Å². The molecule has 0 radical (unpaired) electrons. The number of nitrogens with zero attached hydrogens (tertiary/aromatic N) is 5. The van der Waals surface area contributed by atoms with Gasteiger partial charge in [-0.2, -0.15) is 0 Å². The summed E-state index contributed by atoms with van der Waals surface area (Å²) in [5.41, 5.74) is 1.40. The summed E-state index contributed by atoms with van der Waals surface area (Å²) in [6, 6.07) is 9.74. The van der Waals surface area contributed by atoms with Crippen molar-refractivity contribution >= 4 is 11.9 Å². The quantitative estimate of drug-likeness (QED) is 0.847. The number of ether oxygens (including phenoxy) is 1. The van der Waals surface area contributed by atoms with Gasteiger partial charge in [-0.25, -0.2) is 9.48 Å². The Morgan fingerprint density at radius 3 is 2.59 bits per heavy atom. The van der Waals surface area contributed by atoms with E-state index in [2.05, 4.69) is 15.6 Å². The molecule has 0 bridgehead atoms. The summed E-state index contributed by atoms with van der Waals surface area (Å²) in [5, 5.41) is 11.0. The Balaban J connectivity index is 1.26. The smallest absolute Gasteiger partial charge is 0.317 e. The fourth-order valence-electron chi connectivity index (χ4n) is 3.16. The number of morpholine rings is 1. The Labute approximate surface area is 156 Å². The third-order valence-corrected chi connectivity index (χ3v) is 4.84. The molecule has 2 saturated heterocycles. The minimum Gasteiger partial charge on any atom is -0.378 e. The number of carbonyl (C=O) groups is 2. The number of amides is 3. The highest BCUT2D eigenvalue weighted by atomic mass is 16.5. The van der Waals surface area contributed by atoms with Crippen molar-refractivity contribution in [2.45, 2.75) is 12.6 Å². The Morgan fingerprint density at radius 2 is 1.85 bits per heavy atom. The first kappa shape index (κ1) is 17.5. The molecule has 3 amide bonds. The van der Waals surface area contributed by atoms with Crippen LogP contribution in [0.1, 0.15) is 22.1 Å². The summed E-state index contributed by atoms with van der Waals surface area (Å²) < 4.78 is 6.93. The number of aromatic nitrogens is 3. The summed E-state index contributed by atoms with van der Waals surface area (Å²) >= 11 is 0. The van der Waals surface area contributed by atoms with Gasteiger partial charge in [0.15, 0.2) is 5.69 Å². The van der Waals surface area contributed by atoms with E-state index in [4.69, 9.17) is 4.74 Å². The molecule has 1 aromatic heterocycles. The minimum absolute atomic E-state index is 0.0474. The van der Waals surface area contributed by atoms with E-state index in [0.717, 1.165) is 5.56 Å². The van der Waals surface area contributed by atoms with Crippen LogP contribution in [0, 0.1) is 0 Å². The van der Waals surface area contributed by atoms with E-state index in [-0.39, 0.29) is 18.0 Å². The molecule has 3 heterocycles. The molecule has 2 aromatic rings. The summed E-state index contributed by atoms with van der Waals surface area (Å²) in [6.45, 7) is 3.85. The highest BCUT2D eigenvalue weighted by Crippen LogP contribution is 2.20. The predicted octanol–water partition coefficient (Wildman–Crippen LogP) is 0.517. The van der Waals surface area contributed by atoms with Gasteiger partial charge in [0.2, 0.25) is 0 Å². The first-order chi connectivity index (χ1) is 13.2. The van der Waals surface area contributed by atoms with Gasteiger partial charge in [-0.05, 0) is 5.56 Å². The molecule has 0 aliphatic carbocycles. The zero-order valence-electron chi connectivity index (χ0n) is 15.0. The van der Waals surface area contributed by atoms with Gasteiger partial charge in [0.25, 0.3) is 5.91 Å². The molecule has 9 heteroatoms. The van der Waals surface area contributed by atoms with E-state index in [9.17, 15) is 9.59 Å². The fourth-order valence-corrected chi connectivity index (χ4v) is 3.16. The molecule has 9 nitrogen and oxygen atoms in total. The number of carbonyl (C=O) groups excluding carboxylic acids is 2. The number of hydrogen-bond donors (Lipinski definition) is 1. The number of nitrogens with one attached hydrogen (secondary N) is 1. The number of hydrogen-bond acceptors (Lipinski definition) is 5. The SMILES string of the molecule is O=C(NCc1ccccc1)N1CC(n2cc(C(=O)N3CCOCC3)nn2)C1. The molecule has 0 atom stereocenters. The molecule has 1 N–H and O–H groups in total. The molecule has 27 heavy (non-hydrogen) atoms. The van der Waals surface area contributed by atoms with Crippen molar-refractivity contribution in [2.75, 3.05) is 39.4 Å². The van der Waals surface area contributed by atoms with Crippen molar-refractivity contribution in [3.63, 3.8) is 0 Å². The highest BCUT2D eigenvalue weighted by molar-refractivity contribution is 5.92. The molecular weight excluding hydrogens is 348 g/mol. The van der Waals surface area contributed by atoms with Crippen LogP contribution in [-0.4, -0.2) is 76.1 Å². The van der Waals surface area contributed by atoms with Crippen molar-refractivity contribution in [3.8, 4) is 0 Å². The van der Waals surface area contributed by atoms with Crippen molar-refractivity contribution in [2.24, 2.45) is 0 Å². The lowest BCUT2D eigenvalue weighted by Crippen LogP contribution is -2.54. The Hall–Kier alpha value is -2.94. The molecule has 2 aliphatic heterocycles. The van der Waals surface area contributed by atoms with E-state index >= 15 is 0 Å². The molecule has 0 saturated carbocycles. The average molecular weight is 370 g/mol. The van der Waals surface area contributed by atoms with E-state index in [0.29, 0.717) is 51.6 Å². The highest BCUT2D eigenvalue weighted by Gasteiger charge is 2.33. The maximum absolute atomic E-state index is 12.4. The van der Waals surface area contributed by atoms with Crippen LogP contribution in [0.3, 0.4) is 0 Å². The summed E-state index contributed by atoms with van der Waals surface area (Å²) in [7, 11) is 0. The van der Waals surface area contributed by atoms with Crippen molar-refractivity contribution in [3.05, 3.63) is 47.8 Å². The molecule has 1 aromatic carbocycles. The van der Waals surface area contributed by atoms with E-state index in [1.54, 1.807) is 20.7 Å². The Bertz CT molecular complexity index is 796. The zero-order valence-corrected chi connectivity index (χ0v) is 15.0. The van der Waals surface area contributed by atoms with Gasteiger partial charge in [-0.15, -0.1) is 5.10 Å². The number of rotatable bonds is 4. The van der Waals surface area contributed by atoms with Gasteiger partial charge in [0, 0.05) is 32.7 Å². The maximum Gasteiger partial charge on any atom is 0.317 e. The van der Waals surface area contributed by atoms with Crippen LogP contribution in [0.4, 0.5) is 4.79 Å². The van der Waals surface area contributed by atoms with Gasteiger partial charge in [0.1, 0.15) is 0 Å². The largest absolute Gasteiger partial charge is 0.378 e. The molecule has 2 aliphatic rings. The van der Waals surface area contributed by atoms with Crippen LogP contribution in [-0.2, 0) is 11.3 Å². The van der Waals surface area contributed by atoms with E-state index in [1.807, 2.05) is 30.3 Å². The van der Waals surface area contributed by atoms with Crippen LogP contribution in [0.5, 0.6) is 0 Å². The molecular formula is C18H22N6O3. The predicted molar refractivity (Wildman–Crippen MR) is 96.0 cm³/mol. The first-order valence-electron chi connectivity index (χ1n) is 9.06. The Morgan fingerprint density at radius 1 is 1.11 bits per heavy atom. The van der Waals surface area contributed by atoms with Gasteiger partial charge in [0.05, 0.1) is 25.5 Å². The van der Waals surface area contributed by atoms with Gasteiger partial charge >= 0.3 is 6.03 Å². The summed E-state index contributed by atoms with van der Waals surface area (Å²) in [4.78, 5) is 28.1. The van der Waals surface area contributed by atoms with Crippen LogP contribution in [0.2, 0.25) is 0 Å². The first-order valence-corrected chi connectivity index (χ1v) is 9.06. The van der Waals surface area contributed by atoms with Gasteiger partial charge in [-0.3, -0.25) is 4.79 Å². The third kappa shape index (κ3) is 3.92. The van der Waals surface area contributed by atoms with Crippen molar-refractivity contribution < 1.29 is 14.3 Å². The summed E-state index contributed by atoms with van der Waals surface area (Å²) in [5.74, 6) is -0.124. The average Bonchev–Trinajstić information content (AvgIpc) is 3.16. The zero-order chi connectivity index (χ0) is 18.6. The number of likely N-dealkylation sites (tertiary alicyclic amines) is 1. The standard InChI is InChI=1S/C18H22N6O3/c25-17(22-6-8-27-9-7-22)16-13-24(21-20-16)15-11-23(12-15)18(26)19-10-14-4-2-1-3-5-14/h1-5,13,15H,6-12H2,(H,19,26). The van der Waals surface area contributed by atoms with Crippen molar-refractivity contribution in [1.29, 1.82) is 0 Å². The molecule has 4 rings (SSSR count). The molecule has 0 spiro atoms. The van der Waals surface area contributed by atoms with Crippen molar-refractivity contribution in [1.82, 2.24) is 30.1 Å². The summed E-state index contributed by atoms with van der Waals surface area (Å²) in [6.07, 6.45) is 1.67. The van der Waals surface area contributed by atoms with Crippen LogP contribution < -0.4 is 5.32 Å². The topological polar surface area (TPSA) is 92.6 Å². The second-order valence-corrected chi connectivity index (χ2v) is 6.69. The molecule has 0 unspecified atom stereocenters. The lowest BCUT2D eigenvalue weighted by Gasteiger charge is -2.38. The number of benzene rings is 1. The second-order valence-electron chi connectivity index (χ2n) is 6.69. The fraction of sp³-hybridized carbons (Fsp3) is 0.444. The second kappa shape index (κ2) is 7.75. The molecule has 142 valence electrons. The molecule has 2 fully saturated rings. The number of urea groups is 1. The lowest BCUT2D eigenvalue weighted by molar-refractivity contribution is 0.0299. The minimum atomic E-state index is -0.124.